The Hall–Kier alpha value is -2.79. The van der Waals surface area contributed by atoms with E-state index in [1.165, 1.54) is 11.3 Å². The molecular weight excluding hydrogens is 448 g/mol. The Labute approximate surface area is 193 Å². The van der Waals surface area contributed by atoms with Crippen LogP contribution in [0.4, 0.5) is 19.4 Å². The molecule has 0 aliphatic carbocycles. The summed E-state index contributed by atoms with van der Waals surface area (Å²) >= 11 is 1.47. The van der Waals surface area contributed by atoms with Gasteiger partial charge in [-0.15, -0.1) is 10.2 Å². The molecule has 33 heavy (non-hydrogen) atoms. The molecule has 3 aromatic heterocycles. The lowest BCUT2D eigenvalue weighted by Gasteiger charge is -2.39. The number of nitrogens with zero attached hydrogens (tertiary/aromatic N) is 5. The highest BCUT2D eigenvalue weighted by Crippen LogP contribution is 2.36. The van der Waals surface area contributed by atoms with E-state index < -0.39 is 19.4 Å². The number of nitrogens with one attached hydrogen (secondary N) is 2. The number of anilines is 1. The number of carbonyl (C=O) groups is 1. The second kappa shape index (κ2) is 9.22. The van der Waals surface area contributed by atoms with E-state index in [0.29, 0.717) is 18.7 Å². The molecule has 2 aliphatic heterocycles. The molecule has 5 heterocycles. The summed E-state index contributed by atoms with van der Waals surface area (Å²) < 4.78 is 25.8. The third kappa shape index (κ3) is 4.51. The minimum atomic E-state index is -0.764. The fourth-order valence-corrected chi connectivity index (χ4v) is 5.57. The Bertz CT molecular complexity index is 1140. The number of aryl methyl sites for hydroxylation is 1. The summed E-state index contributed by atoms with van der Waals surface area (Å²) in [7, 11) is 0. The number of urea groups is 1. The second-order valence-corrected chi connectivity index (χ2v) is 9.86. The van der Waals surface area contributed by atoms with E-state index in [1.807, 2.05) is 24.0 Å². The average Bonchev–Trinajstić information content (AvgIpc) is 3.37. The fourth-order valence-electron chi connectivity index (χ4n) is 4.91. The number of pyridine rings is 2. The first-order valence-electron chi connectivity index (χ1n) is 11.1. The molecule has 3 aromatic rings. The molecule has 2 N–H and O–H groups in total. The number of hydrogen-bond donors (Lipinski definition) is 2. The Kier molecular flexibility index (Phi) is 6.15. The van der Waals surface area contributed by atoms with Crippen LogP contribution in [0.25, 0.3) is 21.5 Å². The number of halogens is 2. The summed E-state index contributed by atoms with van der Waals surface area (Å²) in [6, 6.07) is 2.93. The first-order chi connectivity index (χ1) is 16.0. The molecule has 8 nitrogen and oxygen atoms in total. The molecule has 11 heteroatoms. The SMILES string of the molecule is Cc1nnc(-c2cc3cc(NC(=O)N4C5CC[C@H]4C[C@H](NC(CF)CF)C5)ncc3cn2)s1. The highest BCUT2D eigenvalue weighted by molar-refractivity contribution is 7.14. The molecule has 2 fully saturated rings. The molecule has 2 saturated heterocycles. The van der Waals surface area contributed by atoms with Crippen LogP contribution in [0.5, 0.6) is 0 Å². The molecule has 3 atom stereocenters. The third-order valence-electron chi connectivity index (χ3n) is 6.39. The van der Waals surface area contributed by atoms with Crippen molar-refractivity contribution < 1.29 is 13.6 Å². The van der Waals surface area contributed by atoms with Crippen molar-refractivity contribution in [2.75, 3.05) is 18.7 Å². The molecule has 0 aromatic carbocycles. The second-order valence-electron chi connectivity index (χ2n) is 8.68. The highest BCUT2D eigenvalue weighted by Gasteiger charge is 2.43. The topological polar surface area (TPSA) is 95.9 Å². The standard InChI is InChI=1S/C22H25F2N7OS/c1-12-29-30-21(33-12)19-4-13-5-20(26-11-14(13)10-25-19)28-22(32)31-17-2-3-18(31)7-15(6-17)27-16(8-23)9-24/h4-5,10-11,15-18,27H,2-3,6-9H2,1H3,(H,26,28,32)/t15-,17-,18?/m0/s1. The lowest BCUT2D eigenvalue weighted by molar-refractivity contribution is 0.133. The van der Waals surface area contributed by atoms with Crippen molar-refractivity contribution >= 4 is 34.0 Å². The van der Waals surface area contributed by atoms with Crippen LogP contribution in [0.1, 0.15) is 30.7 Å². The van der Waals surface area contributed by atoms with Gasteiger partial charge >= 0.3 is 6.03 Å². The van der Waals surface area contributed by atoms with Crippen LogP contribution in [0.15, 0.2) is 24.5 Å². The maximum absolute atomic E-state index is 13.1. The number of amides is 2. The molecule has 1 unspecified atom stereocenters. The number of alkyl halides is 2. The summed E-state index contributed by atoms with van der Waals surface area (Å²) in [4.78, 5) is 23.8. The largest absolute Gasteiger partial charge is 0.323 e. The van der Waals surface area contributed by atoms with Gasteiger partial charge in [0, 0.05) is 35.9 Å². The Balaban J connectivity index is 1.29. The number of fused-ring (bicyclic) bond motifs is 3. The number of piperidine rings is 1. The molecule has 0 spiro atoms. The lowest BCUT2D eigenvalue weighted by atomic mass is 9.97. The maximum atomic E-state index is 13.1. The monoisotopic (exact) mass is 473 g/mol. The van der Waals surface area contributed by atoms with Gasteiger partial charge in [-0.05, 0) is 50.1 Å². The number of aromatic nitrogens is 4. The average molecular weight is 474 g/mol. The van der Waals surface area contributed by atoms with Crippen LogP contribution in [-0.4, -0.2) is 68.6 Å². The molecule has 0 saturated carbocycles. The van der Waals surface area contributed by atoms with Crippen LogP contribution in [0.3, 0.4) is 0 Å². The summed E-state index contributed by atoms with van der Waals surface area (Å²) in [6.07, 6.45) is 6.61. The minimum absolute atomic E-state index is 0.0248. The summed E-state index contributed by atoms with van der Waals surface area (Å²) in [5, 5.41) is 17.6. The van der Waals surface area contributed by atoms with Crippen molar-refractivity contribution in [3.05, 3.63) is 29.5 Å². The Morgan fingerprint density at radius 1 is 1.12 bits per heavy atom. The van der Waals surface area contributed by atoms with Gasteiger partial charge < -0.3 is 10.2 Å². The van der Waals surface area contributed by atoms with E-state index in [0.717, 1.165) is 39.3 Å². The third-order valence-corrected chi connectivity index (χ3v) is 7.26. The zero-order valence-corrected chi connectivity index (χ0v) is 19.0. The molecular formula is C22H25F2N7OS. The summed E-state index contributed by atoms with van der Waals surface area (Å²) in [5.74, 6) is 0.465. The molecule has 174 valence electrons. The minimum Gasteiger partial charge on any atom is -0.318 e. The predicted octanol–water partition coefficient (Wildman–Crippen LogP) is 3.88. The van der Waals surface area contributed by atoms with E-state index in [-0.39, 0.29) is 24.2 Å². The van der Waals surface area contributed by atoms with Gasteiger partial charge in [0.25, 0.3) is 0 Å². The van der Waals surface area contributed by atoms with E-state index in [9.17, 15) is 13.6 Å². The van der Waals surface area contributed by atoms with Gasteiger partial charge in [-0.3, -0.25) is 10.3 Å². The van der Waals surface area contributed by atoms with Crippen molar-refractivity contribution in [1.29, 1.82) is 0 Å². The van der Waals surface area contributed by atoms with Crippen LogP contribution in [0.2, 0.25) is 0 Å². The van der Waals surface area contributed by atoms with Gasteiger partial charge in [-0.1, -0.05) is 11.3 Å². The molecule has 2 bridgehead atoms. The molecule has 0 radical (unpaired) electrons. The lowest BCUT2D eigenvalue weighted by Crippen LogP contribution is -2.54. The van der Waals surface area contributed by atoms with Crippen molar-refractivity contribution in [2.45, 2.75) is 56.8 Å². The van der Waals surface area contributed by atoms with Crippen LogP contribution in [-0.2, 0) is 0 Å². The van der Waals surface area contributed by atoms with Gasteiger partial charge in [-0.2, -0.15) is 0 Å². The maximum Gasteiger partial charge on any atom is 0.323 e. The van der Waals surface area contributed by atoms with Crippen LogP contribution in [0, 0.1) is 6.92 Å². The van der Waals surface area contributed by atoms with E-state index in [2.05, 4.69) is 30.8 Å². The van der Waals surface area contributed by atoms with Crippen molar-refractivity contribution in [1.82, 2.24) is 30.4 Å². The van der Waals surface area contributed by atoms with Gasteiger partial charge in [-0.25, -0.2) is 18.6 Å². The van der Waals surface area contributed by atoms with Gasteiger partial charge in [0.05, 0.1) is 6.04 Å². The zero-order chi connectivity index (χ0) is 22.9. The summed E-state index contributed by atoms with van der Waals surface area (Å²) in [5.41, 5.74) is 0.726. The van der Waals surface area contributed by atoms with Crippen LogP contribution < -0.4 is 10.6 Å². The Morgan fingerprint density at radius 3 is 2.52 bits per heavy atom. The van der Waals surface area contributed by atoms with Gasteiger partial charge in [0.15, 0.2) is 5.01 Å². The molecule has 2 aliphatic rings. The quantitative estimate of drug-likeness (QED) is 0.564. The summed E-state index contributed by atoms with van der Waals surface area (Å²) in [6.45, 7) is 0.443. The Morgan fingerprint density at radius 2 is 1.85 bits per heavy atom. The number of hydrogen-bond acceptors (Lipinski definition) is 7. The number of carbonyl (C=O) groups excluding carboxylic acids is 1. The van der Waals surface area contributed by atoms with Gasteiger partial charge in [0.2, 0.25) is 0 Å². The van der Waals surface area contributed by atoms with Crippen molar-refractivity contribution in [3.63, 3.8) is 0 Å². The first kappa shape index (κ1) is 22.0. The van der Waals surface area contributed by atoms with Crippen molar-refractivity contribution in [2.24, 2.45) is 0 Å². The van der Waals surface area contributed by atoms with Crippen molar-refractivity contribution in [3.8, 4) is 10.7 Å². The van der Waals surface area contributed by atoms with E-state index >= 15 is 0 Å². The smallest absolute Gasteiger partial charge is 0.318 e. The normalized spacial score (nSPS) is 22.3. The van der Waals surface area contributed by atoms with Gasteiger partial charge in [0.1, 0.15) is 29.9 Å². The fraction of sp³-hybridized carbons (Fsp3) is 0.500. The highest BCUT2D eigenvalue weighted by atomic mass is 32.1. The van der Waals surface area contributed by atoms with E-state index in [4.69, 9.17) is 0 Å². The van der Waals surface area contributed by atoms with E-state index in [1.54, 1.807) is 12.4 Å². The van der Waals surface area contributed by atoms with Crippen LogP contribution >= 0.6 is 11.3 Å². The zero-order valence-electron chi connectivity index (χ0n) is 18.2. The number of rotatable bonds is 6. The predicted molar refractivity (Wildman–Crippen MR) is 123 cm³/mol. The first-order valence-corrected chi connectivity index (χ1v) is 11.9. The molecule has 2 amide bonds. The molecule has 5 rings (SSSR count).